The Hall–Kier alpha value is -3.78. The smallest absolute Gasteiger partial charge is 0.301 e. The normalized spacial score (nSPS) is 19.2. The Morgan fingerprint density at radius 2 is 1.74 bits per heavy atom. The molecule has 3 atom stereocenters. The third-order valence-corrected chi connectivity index (χ3v) is 8.65. The molecule has 0 bridgehead atoms. The van der Waals surface area contributed by atoms with Crippen LogP contribution in [0.5, 0.6) is 11.5 Å². The number of benzene rings is 4. The second-order valence-electron chi connectivity index (χ2n) is 10.3. The number of quaternary nitrogens is 1. The van der Waals surface area contributed by atoms with Gasteiger partial charge in [-0.3, -0.25) is 13.6 Å². The second-order valence-corrected chi connectivity index (χ2v) is 12.5. The van der Waals surface area contributed by atoms with Gasteiger partial charge >= 0.3 is 11.4 Å². The van der Waals surface area contributed by atoms with Crippen LogP contribution in [0.2, 0.25) is 0 Å². The molecule has 0 amide bonds. The van der Waals surface area contributed by atoms with E-state index in [0.29, 0.717) is 36.9 Å². The highest BCUT2D eigenvalue weighted by Crippen LogP contribution is 2.44. The van der Waals surface area contributed by atoms with E-state index in [1.807, 2.05) is 95.9 Å². The molecule has 43 heavy (non-hydrogen) atoms. The van der Waals surface area contributed by atoms with Crippen LogP contribution >= 0.6 is 0 Å². The van der Waals surface area contributed by atoms with E-state index >= 15 is 0 Å². The first-order valence-corrected chi connectivity index (χ1v) is 16.5. The van der Waals surface area contributed by atoms with Gasteiger partial charge in [-0.1, -0.05) is 66.7 Å². The number of nitrogens with one attached hydrogen (secondary N) is 1. The maximum absolute atomic E-state index is 11.4. The Bertz CT molecular complexity index is 1800. The molecule has 0 aliphatic carbocycles. The maximum atomic E-state index is 11.4. The number of fused-ring (bicyclic) bond motifs is 4. The zero-order valence-electron chi connectivity index (χ0n) is 23.0. The lowest BCUT2D eigenvalue weighted by molar-refractivity contribution is -0.862. The lowest BCUT2D eigenvalue weighted by Gasteiger charge is -2.22. The molecule has 0 saturated heterocycles. The number of hydrogen-bond acceptors (Lipinski definition) is 8. The van der Waals surface area contributed by atoms with E-state index in [4.69, 9.17) is 18.2 Å². The predicted molar refractivity (Wildman–Crippen MR) is 162 cm³/mol. The Morgan fingerprint density at radius 3 is 2.53 bits per heavy atom. The summed E-state index contributed by atoms with van der Waals surface area (Å²) in [4.78, 5) is 2.86. The van der Waals surface area contributed by atoms with Crippen molar-refractivity contribution in [2.75, 3.05) is 30.3 Å². The second kappa shape index (κ2) is 12.4. The Morgan fingerprint density at radius 1 is 0.977 bits per heavy atom. The number of anilines is 1. The minimum absolute atomic E-state index is 0.0711. The fraction of sp³-hybridized carbons (Fsp3) is 0.226. The molecule has 3 unspecified atom stereocenters. The molecule has 2 aliphatic heterocycles. The highest BCUT2D eigenvalue weighted by atomic mass is 32.2. The summed E-state index contributed by atoms with van der Waals surface area (Å²) in [6, 6.07) is 27.7. The summed E-state index contributed by atoms with van der Waals surface area (Å²) < 4.78 is 71.9. The van der Waals surface area contributed by atoms with Gasteiger partial charge in [0.1, 0.15) is 0 Å². The fourth-order valence-electron chi connectivity index (χ4n) is 5.61. The summed E-state index contributed by atoms with van der Waals surface area (Å²) in [5.41, 5.74) is 3.75. The highest BCUT2D eigenvalue weighted by molar-refractivity contribution is 7.85. The molecular weight excluding hydrogens is 592 g/mol. The fourth-order valence-corrected chi connectivity index (χ4v) is 6.37. The Balaban J connectivity index is 1.35. The topological polar surface area (TPSA) is 130 Å². The van der Waals surface area contributed by atoms with Crippen molar-refractivity contribution in [3.63, 3.8) is 0 Å². The average molecular weight is 623 g/mol. The summed E-state index contributed by atoms with van der Waals surface area (Å²) in [5.74, 6) is 1.37. The molecule has 2 heterocycles. The van der Waals surface area contributed by atoms with E-state index in [1.54, 1.807) is 0 Å². The third kappa shape index (κ3) is 6.59. The van der Waals surface area contributed by atoms with Crippen molar-refractivity contribution in [1.29, 1.82) is 0 Å². The quantitative estimate of drug-likeness (QED) is 0.145. The van der Waals surface area contributed by atoms with Crippen molar-refractivity contribution in [3.05, 3.63) is 96.9 Å². The molecule has 2 N–H and O–H groups in total. The number of nitrogens with zero attached hydrogens (tertiary/aromatic N) is 1. The molecule has 2 aliphatic rings. The van der Waals surface area contributed by atoms with Gasteiger partial charge in [-0.2, -0.15) is 4.21 Å². The third-order valence-electron chi connectivity index (χ3n) is 7.49. The van der Waals surface area contributed by atoms with Crippen LogP contribution in [-0.2, 0) is 25.7 Å². The zero-order valence-corrected chi connectivity index (χ0v) is 24.7. The molecule has 0 aromatic heterocycles. The summed E-state index contributed by atoms with van der Waals surface area (Å²) >= 11 is -2.35. The summed E-state index contributed by atoms with van der Waals surface area (Å²) in [7, 11) is -4.37. The maximum Gasteiger partial charge on any atom is 0.301 e. The SMILES string of the molecule is O=S(O)OCCCN1C(=CC2Oc3ccc(-c4ccccc4)cc3[NH+]2CCCS(=O)(=O)[O-])Oc2ccc3ccccc3c21. The van der Waals surface area contributed by atoms with Gasteiger partial charge in [0.15, 0.2) is 17.2 Å². The lowest BCUT2D eigenvalue weighted by Crippen LogP contribution is -3.10. The first kappa shape index (κ1) is 29.3. The van der Waals surface area contributed by atoms with E-state index < -0.39 is 33.5 Å². The van der Waals surface area contributed by atoms with E-state index in [0.717, 1.165) is 38.2 Å². The molecule has 4 aromatic carbocycles. The van der Waals surface area contributed by atoms with E-state index in [9.17, 15) is 17.2 Å². The molecule has 224 valence electrons. The standard InChI is InChI=1S/C31H30N2O8S2/c34-42(35)39-18-6-16-33-30(41-28-15-12-23-10-4-5-11-25(23)31(28)33)21-29-32(17-7-19-43(36,37)38)26-20-24(13-14-27(26)40-29)22-8-2-1-3-9-22/h1-5,8-15,20-21,29H,6-7,16-19H2,(H,34,35)(H,36,37,38). The predicted octanol–water partition coefficient (Wildman–Crippen LogP) is 3.96. The van der Waals surface area contributed by atoms with Crippen LogP contribution in [0.15, 0.2) is 96.9 Å². The van der Waals surface area contributed by atoms with E-state index in [-0.39, 0.29) is 13.0 Å². The molecule has 0 fully saturated rings. The molecule has 0 radical (unpaired) electrons. The summed E-state index contributed by atoms with van der Waals surface area (Å²) in [6.45, 7) is 0.848. The van der Waals surface area contributed by atoms with Crippen LogP contribution in [0.4, 0.5) is 11.4 Å². The van der Waals surface area contributed by atoms with Crippen molar-refractivity contribution in [2.45, 2.75) is 19.1 Å². The Kier molecular flexibility index (Phi) is 8.48. The summed E-state index contributed by atoms with van der Waals surface area (Å²) in [5, 5.41) is 2.02. The van der Waals surface area contributed by atoms with Crippen molar-refractivity contribution in [3.8, 4) is 22.6 Å². The van der Waals surface area contributed by atoms with Crippen LogP contribution in [0.25, 0.3) is 21.9 Å². The van der Waals surface area contributed by atoms with Gasteiger partial charge in [-0.25, -0.2) is 8.42 Å². The van der Waals surface area contributed by atoms with Crippen LogP contribution in [0.1, 0.15) is 12.8 Å². The molecule has 12 heteroatoms. The zero-order chi connectivity index (χ0) is 30.0. The molecule has 0 spiro atoms. The Labute approximate surface area is 252 Å². The van der Waals surface area contributed by atoms with Crippen LogP contribution < -0.4 is 19.3 Å². The van der Waals surface area contributed by atoms with E-state index in [1.165, 1.54) is 0 Å². The number of ether oxygens (including phenoxy) is 2. The molecule has 10 nitrogen and oxygen atoms in total. The van der Waals surface area contributed by atoms with Crippen molar-refractivity contribution in [1.82, 2.24) is 0 Å². The van der Waals surface area contributed by atoms with Gasteiger partial charge in [-0.15, -0.1) is 0 Å². The lowest BCUT2D eigenvalue weighted by atomic mass is 10.0. The highest BCUT2D eigenvalue weighted by Gasteiger charge is 2.38. The largest absolute Gasteiger partial charge is 0.748 e. The van der Waals surface area contributed by atoms with Gasteiger partial charge in [-0.05, 0) is 35.1 Å². The number of hydrogen-bond donors (Lipinski definition) is 2. The first-order valence-electron chi connectivity index (χ1n) is 13.9. The minimum Gasteiger partial charge on any atom is -0.748 e. The van der Waals surface area contributed by atoms with Gasteiger partial charge in [0, 0.05) is 30.2 Å². The van der Waals surface area contributed by atoms with Gasteiger partial charge < -0.3 is 18.9 Å². The van der Waals surface area contributed by atoms with Crippen LogP contribution in [0, 0.1) is 0 Å². The van der Waals surface area contributed by atoms with Crippen molar-refractivity contribution >= 4 is 43.6 Å². The molecular formula is C31H30N2O8S2. The summed E-state index contributed by atoms with van der Waals surface area (Å²) in [6.07, 6.45) is 1.89. The number of rotatable bonds is 11. The average Bonchev–Trinajstić information content (AvgIpc) is 3.52. The van der Waals surface area contributed by atoms with Crippen molar-refractivity contribution < 1.29 is 40.3 Å². The molecule has 4 aromatic rings. The van der Waals surface area contributed by atoms with E-state index in [2.05, 4.69) is 0 Å². The van der Waals surface area contributed by atoms with Crippen molar-refractivity contribution in [2.24, 2.45) is 0 Å². The molecule has 6 rings (SSSR count). The van der Waals surface area contributed by atoms with Crippen LogP contribution in [-0.4, -0.2) is 53.4 Å². The first-order chi connectivity index (χ1) is 20.8. The van der Waals surface area contributed by atoms with Gasteiger partial charge in [0.2, 0.25) is 5.88 Å². The monoisotopic (exact) mass is 622 g/mol. The van der Waals surface area contributed by atoms with Gasteiger partial charge in [0.25, 0.3) is 6.23 Å². The van der Waals surface area contributed by atoms with Gasteiger partial charge in [0.05, 0.1) is 35.0 Å². The molecule has 0 saturated carbocycles. The van der Waals surface area contributed by atoms with Crippen LogP contribution in [0.3, 0.4) is 0 Å². The minimum atomic E-state index is -4.37.